The van der Waals surface area contributed by atoms with Crippen LogP contribution in [0.2, 0.25) is 0 Å². The van der Waals surface area contributed by atoms with Crippen LogP contribution >= 0.6 is 11.3 Å². The van der Waals surface area contributed by atoms with Gasteiger partial charge in [-0.25, -0.2) is 0 Å². The molecule has 2 aromatic heterocycles. The van der Waals surface area contributed by atoms with Crippen molar-refractivity contribution < 1.29 is 4.79 Å². The van der Waals surface area contributed by atoms with Crippen LogP contribution in [0, 0.1) is 6.92 Å². The molecule has 0 fully saturated rings. The molecule has 0 unspecified atom stereocenters. The molecule has 0 amide bonds. The van der Waals surface area contributed by atoms with E-state index >= 15 is 0 Å². The number of aryl methyl sites for hydroxylation is 1. The Hall–Kier alpha value is -2.65. The third-order valence-electron chi connectivity index (χ3n) is 4.09. The number of nitrogens with zero attached hydrogens (tertiary/aromatic N) is 1. The zero-order valence-corrected chi connectivity index (χ0v) is 13.6. The first-order valence-electron chi connectivity index (χ1n) is 7.46. The van der Waals surface area contributed by atoms with Crippen molar-refractivity contribution in [3.05, 3.63) is 72.1 Å². The molecule has 0 saturated carbocycles. The van der Waals surface area contributed by atoms with Crippen molar-refractivity contribution in [2.75, 3.05) is 0 Å². The van der Waals surface area contributed by atoms with E-state index < -0.39 is 0 Å². The zero-order chi connectivity index (χ0) is 16.0. The third-order valence-corrected chi connectivity index (χ3v) is 5.14. The molecule has 2 aromatic carbocycles. The summed E-state index contributed by atoms with van der Waals surface area (Å²) in [5, 5.41) is 2.18. The van der Waals surface area contributed by atoms with Crippen molar-refractivity contribution in [1.29, 1.82) is 0 Å². The fourth-order valence-corrected chi connectivity index (χ4v) is 3.91. The second-order valence-corrected chi connectivity index (χ2v) is 6.83. The monoisotopic (exact) mass is 317 g/mol. The summed E-state index contributed by atoms with van der Waals surface area (Å²) in [7, 11) is 0. The van der Waals surface area contributed by atoms with E-state index in [4.69, 9.17) is 0 Å². The number of rotatable bonds is 2. The Morgan fingerprint density at radius 3 is 2.57 bits per heavy atom. The highest BCUT2D eigenvalue weighted by atomic mass is 32.1. The molecule has 4 aromatic rings. The van der Waals surface area contributed by atoms with Crippen molar-refractivity contribution in [3.8, 4) is 10.4 Å². The third kappa shape index (κ3) is 2.13. The van der Waals surface area contributed by atoms with E-state index in [0.717, 1.165) is 27.4 Å². The number of para-hydroxylation sites is 1. The summed E-state index contributed by atoms with van der Waals surface area (Å²) in [6.07, 6.45) is 1.37. The SMILES string of the molecule is C=CC(=O)n1c2ccccc2c2ccc(-c3ccc(C)s3)cc21. The predicted molar refractivity (Wildman–Crippen MR) is 98.3 cm³/mol. The van der Waals surface area contributed by atoms with Gasteiger partial charge in [0.2, 0.25) is 0 Å². The number of hydrogen-bond donors (Lipinski definition) is 0. The van der Waals surface area contributed by atoms with Crippen molar-refractivity contribution in [3.63, 3.8) is 0 Å². The van der Waals surface area contributed by atoms with Crippen LogP contribution in [0.15, 0.2) is 67.3 Å². The second kappa shape index (κ2) is 5.21. The van der Waals surface area contributed by atoms with Crippen LogP contribution in [0.3, 0.4) is 0 Å². The number of hydrogen-bond acceptors (Lipinski definition) is 2. The minimum Gasteiger partial charge on any atom is -0.276 e. The van der Waals surface area contributed by atoms with Gasteiger partial charge < -0.3 is 0 Å². The molecule has 0 spiro atoms. The molecule has 2 heterocycles. The molecule has 0 bridgehead atoms. The number of thiophene rings is 1. The molecule has 0 aliphatic heterocycles. The minimum atomic E-state index is -0.101. The first-order valence-corrected chi connectivity index (χ1v) is 8.27. The largest absolute Gasteiger partial charge is 0.276 e. The van der Waals surface area contributed by atoms with Gasteiger partial charge >= 0.3 is 0 Å². The zero-order valence-electron chi connectivity index (χ0n) is 12.7. The maximum absolute atomic E-state index is 12.4. The minimum absolute atomic E-state index is 0.101. The van der Waals surface area contributed by atoms with Crippen LogP contribution < -0.4 is 0 Å². The van der Waals surface area contributed by atoms with Crippen molar-refractivity contribution >= 4 is 39.0 Å². The number of carbonyl (C=O) groups is 1. The van der Waals surface area contributed by atoms with Crippen molar-refractivity contribution in [2.24, 2.45) is 0 Å². The van der Waals surface area contributed by atoms with Gasteiger partial charge in [-0.1, -0.05) is 36.9 Å². The summed E-state index contributed by atoms with van der Waals surface area (Å²) < 4.78 is 1.75. The molecular weight excluding hydrogens is 302 g/mol. The number of allylic oxidation sites excluding steroid dienone is 1. The van der Waals surface area contributed by atoms with E-state index in [9.17, 15) is 4.79 Å². The molecule has 0 atom stereocenters. The lowest BCUT2D eigenvalue weighted by Crippen LogP contribution is -2.05. The van der Waals surface area contributed by atoms with Crippen LogP contribution in [-0.4, -0.2) is 10.5 Å². The van der Waals surface area contributed by atoms with Crippen LogP contribution in [0.4, 0.5) is 0 Å². The molecule has 0 N–H and O–H groups in total. The van der Waals surface area contributed by atoms with Gasteiger partial charge in [0.05, 0.1) is 11.0 Å². The normalized spacial score (nSPS) is 11.2. The Morgan fingerprint density at radius 2 is 1.83 bits per heavy atom. The average Bonchev–Trinajstić information content (AvgIpc) is 3.15. The maximum Gasteiger partial charge on any atom is 0.254 e. The van der Waals surface area contributed by atoms with Gasteiger partial charge in [-0.3, -0.25) is 9.36 Å². The molecule has 0 aliphatic carbocycles. The Balaban J connectivity index is 2.09. The van der Waals surface area contributed by atoms with Gasteiger partial charge in [-0.15, -0.1) is 11.3 Å². The van der Waals surface area contributed by atoms with Crippen LogP contribution in [0.1, 0.15) is 9.67 Å². The molecule has 23 heavy (non-hydrogen) atoms. The van der Waals surface area contributed by atoms with E-state index in [2.05, 4.69) is 49.9 Å². The Bertz CT molecular complexity index is 1070. The molecule has 4 rings (SSSR count). The number of aromatic nitrogens is 1. The first kappa shape index (κ1) is 14.0. The van der Waals surface area contributed by atoms with E-state index in [1.807, 2.05) is 18.2 Å². The topological polar surface area (TPSA) is 22.0 Å². The summed E-state index contributed by atoms with van der Waals surface area (Å²) in [4.78, 5) is 14.9. The lowest BCUT2D eigenvalue weighted by molar-refractivity contribution is 0.0978. The van der Waals surface area contributed by atoms with Crippen LogP contribution in [0.5, 0.6) is 0 Å². The molecular formula is C20H15NOS. The summed E-state index contributed by atoms with van der Waals surface area (Å²) >= 11 is 1.76. The first-order chi connectivity index (χ1) is 11.2. The highest BCUT2D eigenvalue weighted by Gasteiger charge is 2.14. The van der Waals surface area contributed by atoms with Gasteiger partial charge in [0.1, 0.15) is 0 Å². The molecule has 0 saturated heterocycles. The Labute approximate surface area is 138 Å². The lowest BCUT2D eigenvalue weighted by Gasteiger charge is -2.03. The quantitative estimate of drug-likeness (QED) is 0.437. The number of carbonyl (C=O) groups excluding carboxylic acids is 1. The maximum atomic E-state index is 12.4. The second-order valence-electron chi connectivity index (χ2n) is 5.54. The molecule has 0 aliphatic rings. The highest BCUT2D eigenvalue weighted by molar-refractivity contribution is 7.15. The standard InChI is InChI=1S/C20H15NOS/c1-3-20(22)21-17-7-5-4-6-15(17)16-10-9-14(12-18(16)21)19-11-8-13(2)23-19/h3-12H,1H2,2H3. The molecule has 3 heteroatoms. The smallest absolute Gasteiger partial charge is 0.254 e. The van der Waals surface area contributed by atoms with Gasteiger partial charge in [0, 0.05) is 20.5 Å². The predicted octanol–water partition coefficient (Wildman–Crippen LogP) is 5.66. The summed E-state index contributed by atoms with van der Waals surface area (Å²) in [5.74, 6) is -0.101. The summed E-state index contributed by atoms with van der Waals surface area (Å²) in [5.41, 5.74) is 2.99. The molecule has 2 nitrogen and oxygen atoms in total. The fraction of sp³-hybridized carbons (Fsp3) is 0.0500. The Morgan fingerprint density at radius 1 is 1.04 bits per heavy atom. The lowest BCUT2D eigenvalue weighted by atomic mass is 10.1. The molecule has 0 radical (unpaired) electrons. The van der Waals surface area contributed by atoms with Gasteiger partial charge in [0.25, 0.3) is 5.91 Å². The van der Waals surface area contributed by atoms with E-state index in [1.165, 1.54) is 15.8 Å². The van der Waals surface area contributed by atoms with E-state index in [1.54, 1.807) is 15.9 Å². The van der Waals surface area contributed by atoms with Crippen molar-refractivity contribution in [2.45, 2.75) is 6.92 Å². The average molecular weight is 317 g/mol. The molecule has 112 valence electrons. The van der Waals surface area contributed by atoms with Gasteiger partial charge in [0.15, 0.2) is 0 Å². The van der Waals surface area contributed by atoms with Gasteiger partial charge in [-0.2, -0.15) is 0 Å². The summed E-state index contributed by atoms with van der Waals surface area (Å²) in [6.45, 7) is 5.75. The number of benzene rings is 2. The highest BCUT2D eigenvalue weighted by Crippen LogP contribution is 2.34. The van der Waals surface area contributed by atoms with Gasteiger partial charge in [-0.05, 0) is 42.8 Å². The van der Waals surface area contributed by atoms with Crippen molar-refractivity contribution in [1.82, 2.24) is 4.57 Å². The van der Waals surface area contributed by atoms with Crippen LogP contribution in [0.25, 0.3) is 32.2 Å². The van der Waals surface area contributed by atoms with Crippen LogP contribution in [-0.2, 0) is 0 Å². The Kier molecular flexibility index (Phi) is 3.17. The number of fused-ring (bicyclic) bond motifs is 3. The van der Waals surface area contributed by atoms with E-state index in [0.29, 0.717) is 0 Å². The van der Waals surface area contributed by atoms with E-state index in [-0.39, 0.29) is 5.91 Å². The fourth-order valence-electron chi connectivity index (χ4n) is 3.04. The summed E-state index contributed by atoms with van der Waals surface area (Å²) in [6, 6.07) is 18.6.